The molecular weight excluding hydrogens is 432 g/mol. The number of amides is 2. The molecule has 0 bridgehead atoms. The highest BCUT2D eigenvalue weighted by molar-refractivity contribution is 6.11. The smallest absolute Gasteiger partial charge is 0.259 e. The molecule has 170 valence electrons. The summed E-state index contributed by atoms with van der Waals surface area (Å²) in [4.78, 5) is 25.0. The predicted molar refractivity (Wildman–Crippen MR) is 131 cm³/mol. The molecule has 0 radical (unpaired) electrons. The van der Waals surface area contributed by atoms with Crippen molar-refractivity contribution in [3.05, 3.63) is 90.0 Å². The van der Waals surface area contributed by atoms with Gasteiger partial charge in [-0.05, 0) is 41.8 Å². The highest BCUT2D eigenvalue weighted by Gasteiger charge is 2.19. The van der Waals surface area contributed by atoms with Gasteiger partial charge in [-0.1, -0.05) is 42.5 Å². The molecule has 0 unspecified atom stereocenters. The minimum Gasteiger partial charge on any atom is -0.505 e. The van der Waals surface area contributed by atoms with Crippen molar-refractivity contribution in [3.8, 4) is 11.5 Å². The Balaban J connectivity index is 1.80. The third kappa shape index (κ3) is 4.56. The lowest BCUT2D eigenvalue weighted by atomic mass is 10.0. The Kier molecular flexibility index (Phi) is 6.49. The van der Waals surface area contributed by atoms with E-state index in [9.17, 15) is 14.7 Å². The van der Waals surface area contributed by atoms with Crippen molar-refractivity contribution in [1.29, 1.82) is 0 Å². The van der Waals surface area contributed by atoms with Gasteiger partial charge in [-0.25, -0.2) is 0 Å². The van der Waals surface area contributed by atoms with Crippen molar-refractivity contribution in [3.63, 3.8) is 0 Å². The molecule has 0 saturated heterocycles. The number of carbonyl (C=O) groups excluding carboxylic acids is 2. The minimum atomic E-state index is -0.481. The van der Waals surface area contributed by atoms with E-state index < -0.39 is 5.91 Å². The van der Waals surface area contributed by atoms with Crippen LogP contribution in [0.25, 0.3) is 10.8 Å². The van der Waals surface area contributed by atoms with Gasteiger partial charge in [0.25, 0.3) is 11.8 Å². The molecule has 0 spiro atoms. The Labute approximate surface area is 195 Å². The van der Waals surface area contributed by atoms with Crippen LogP contribution < -0.4 is 15.4 Å². The summed E-state index contributed by atoms with van der Waals surface area (Å²) in [6.45, 7) is 0. The summed E-state index contributed by atoms with van der Waals surface area (Å²) in [7, 11) is 3.01. The molecule has 3 N–H and O–H groups in total. The van der Waals surface area contributed by atoms with Crippen molar-refractivity contribution in [2.24, 2.45) is 10.2 Å². The highest BCUT2D eigenvalue weighted by atomic mass is 16.5. The van der Waals surface area contributed by atoms with Gasteiger partial charge in [0.2, 0.25) is 0 Å². The van der Waals surface area contributed by atoms with Gasteiger partial charge in [-0.3, -0.25) is 9.59 Å². The van der Waals surface area contributed by atoms with Crippen LogP contribution in [-0.2, 0) is 0 Å². The van der Waals surface area contributed by atoms with Gasteiger partial charge in [-0.15, -0.1) is 10.2 Å². The number of anilines is 1. The lowest BCUT2D eigenvalue weighted by Gasteiger charge is -2.11. The van der Waals surface area contributed by atoms with E-state index in [1.807, 2.05) is 18.2 Å². The number of para-hydroxylation sites is 1. The van der Waals surface area contributed by atoms with Crippen LogP contribution in [0.2, 0.25) is 0 Å². The molecule has 0 aliphatic rings. The quantitative estimate of drug-likeness (QED) is 0.330. The van der Waals surface area contributed by atoms with Gasteiger partial charge in [0.1, 0.15) is 17.1 Å². The number of methoxy groups -OCH3 is 1. The second kappa shape index (κ2) is 9.83. The first-order chi connectivity index (χ1) is 16.5. The fourth-order valence-electron chi connectivity index (χ4n) is 3.47. The van der Waals surface area contributed by atoms with Crippen molar-refractivity contribution < 1.29 is 19.4 Å². The van der Waals surface area contributed by atoms with Crippen LogP contribution in [0.1, 0.15) is 20.7 Å². The van der Waals surface area contributed by atoms with E-state index >= 15 is 0 Å². The average molecular weight is 454 g/mol. The van der Waals surface area contributed by atoms with Crippen molar-refractivity contribution >= 4 is 39.6 Å². The lowest BCUT2D eigenvalue weighted by Crippen LogP contribution is -2.17. The van der Waals surface area contributed by atoms with Crippen molar-refractivity contribution in [2.75, 3.05) is 19.5 Å². The zero-order valence-corrected chi connectivity index (χ0v) is 18.6. The molecule has 0 aliphatic carbocycles. The number of aromatic hydroxyl groups is 1. The predicted octanol–water partition coefficient (Wildman–Crippen LogP) is 5.58. The number of fused-ring (bicyclic) bond motifs is 1. The van der Waals surface area contributed by atoms with Gasteiger partial charge in [0, 0.05) is 23.7 Å². The fourth-order valence-corrected chi connectivity index (χ4v) is 3.47. The van der Waals surface area contributed by atoms with Crippen LogP contribution in [0.15, 0.2) is 89.1 Å². The summed E-state index contributed by atoms with van der Waals surface area (Å²) >= 11 is 0. The van der Waals surface area contributed by atoms with E-state index in [0.29, 0.717) is 33.5 Å². The van der Waals surface area contributed by atoms with E-state index in [1.54, 1.807) is 54.6 Å². The maximum absolute atomic E-state index is 13.0. The van der Waals surface area contributed by atoms with E-state index in [-0.39, 0.29) is 22.9 Å². The molecule has 0 heterocycles. The number of nitrogens with one attached hydrogen (secondary N) is 2. The van der Waals surface area contributed by atoms with Crippen molar-refractivity contribution in [2.45, 2.75) is 0 Å². The molecule has 0 atom stereocenters. The molecule has 4 rings (SSSR count). The Bertz CT molecular complexity index is 1400. The SMILES string of the molecule is CNC(=O)c1ccc(OC)c(N=Nc2c(O)c(C(=O)Nc3ccccc3)cc3ccccc23)c1. The Morgan fingerprint density at radius 1 is 0.882 bits per heavy atom. The molecule has 0 fully saturated rings. The number of azo groups is 1. The molecule has 8 nitrogen and oxygen atoms in total. The first-order valence-electron chi connectivity index (χ1n) is 10.4. The summed E-state index contributed by atoms with van der Waals surface area (Å²) in [5.74, 6) is -0.674. The van der Waals surface area contributed by atoms with E-state index in [2.05, 4.69) is 20.9 Å². The topological polar surface area (TPSA) is 112 Å². The Hall–Kier alpha value is -4.72. The van der Waals surface area contributed by atoms with Gasteiger partial charge in [0.15, 0.2) is 5.75 Å². The second-order valence-electron chi connectivity index (χ2n) is 7.33. The van der Waals surface area contributed by atoms with E-state index in [4.69, 9.17) is 4.74 Å². The number of phenolic OH excluding ortho intramolecular Hbond substituents is 1. The fraction of sp³-hybridized carbons (Fsp3) is 0.0769. The molecule has 8 heteroatoms. The van der Waals surface area contributed by atoms with Gasteiger partial charge in [-0.2, -0.15) is 0 Å². The summed E-state index contributed by atoms with van der Waals surface area (Å²) < 4.78 is 5.34. The summed E-state index contributed by atoms with van der Waals surface area (Å²) in [5, 5.41) is 26.2. The van der Waals surface area contributed by atoms with E-state index in [1.165, 1.54) is 20.2 Å². The van der Waals surface area contributed by atoms with Gasteiger partial charge >= 0.3 is 0 Å². The lowest BCUT2D eigenvalue weighted by molar-refractivity contribution is 0.0962. The summed E-state index contributed by atoms with van der Waals surface area (Å²) in [6, 6.07) is 22.5. The van der Waals surface area contributed by atoms with Crippen LogP contribution in [0.4, 0.5) is 17.1 Å². The van der Waals surface area contributed by atoms with Crippen LogP contribution >= 0.6 is 0 Å². The number of benzene rings is 4. The standard InChI is InChI=1S/C26H22N4O4/c1-27-25(32)17-12-13-22(34-2)21(15-17)29-30-23-19-11-7-6-8-16(19)14-20(24(23)31)26(33)28-18-9-4-3-5-10-18/h3-15,31H,1-2H3,(H,27,32)(H,28,33). The van der Waals surface area contributed by atoms with Gasteiger partial charge in [0.05, 0.1) is 12.7 Å². The molecule has 0 aromatic heterocycles. The summed E-state index contributed by atoms with van der Waals surface area (Å²) in [5.41, 5.74) is 1.46. The molecule has 2 amide bonds. The summed E-state index contributed by atoms with van der Waals surface area (Å²) in [6.07, 6.45) is 0. The zero-order valence-electron chi connectivity index (χ0n) is 18.6. The van der Waals surface area contributed by atoms with E-state index in [0.717, 1.165) is 0 Å². The third-order valence-electron chi connectivity index (χ3n) is 5.20. The number of phenols is 1. The molecule has 0 saturated carbocycles. The highest BCUT2D eigenvalue weighted by Crippen LogP contribution is 2.40. The van der Waals surface area contributed by atoms with Crippen LogP contribution in [0.5, 0.6) is 11.5 Å². The number of hydrogen-bond acceptors (Lipinski definition) is 6. The first kappa shape index (κ1) is 22.5. The molecule has 4 aromatic rings. The third-order valence-corrected chi connectivity index (χ3v) is 5.20. The first-order valence-corrected chi connectivity index (χ1v) is 10.4. The number of hydrogen-bond donors (Lipinski definition) is 3. The Morgan fingerprint density at radius 2 is 1.62 bits per heavy atom. The molecule has 4 aromatic carbocycles. The normalized spacial score (nSPS) is 10.9. The van der Waals surface area contributed by atoms with Gasteiger partial charge < -0.3 is 20.5 Å². The van der Waals surface area contributed by atoms with Crippen LogP contribution in [0, 0.1) is 0 Å². The monoisotopic (exact) mass is 454 g/mol. The molecule has 34 heavy (non-hydrogen) atoms. The molecule has 0 aliphatic heterocycles. The molecular formula is C26H22N4O4. The maximum Gasteiger partial charge on any atom is 0.259 e. The number of carbonyl (C=O) groups is 2. The average Bonchev–Trinajstić information content (AvgIpc) is 2.87. The van der Waals surface area contributed by atoms with Crippen LogP contribution in [-0.4, -0.2) is 31.1 Å². The number of nitrogens with zero attached hydrogens (tertiary/aromatic N) is 2. The van der Waals surface area contributed by atoms with Crippen molar-refractivity contribution in [1.82, 2.24) is 5.32 Å². The van der Waals surface area contributed by atoms with Crippen LogP contribution in [0.3, 0.4) is 0 Å². The Morgan fingerprint density at radius 3 is 2.35 bits per heavy atom. The maximum atomic E-state index is 13.0. The second-order valence-corrected chi connectivity index (χ2v) is 7.33. The zero-order chi connectivity index (χ0) is 24.1. The largest absolute Gasteiger partial charge is 0.505 e. The minimum absolute atomic E-state index is 0.0579. The number of rotatable bonds is 6. The number of ether oxygens (including phenoxy) is 1.